The van der Waals surface area contributed by atoms with Crippen molar-refractivity contribution in [2.24, 2.45) is 0 Å². The third-order valence-corrected chi connectivity index (χ3v) is 3.19. The summed E-state index contributed by atoms with van der Waals surface area (Å²) in [6, 6.07) is 0. The lowest BCUT2D eigenvalue weighted by Crippen LogP contribution is -2.31. The lowest BCUT2D eigenvalue weighted by molar-refractivity contribution is 0.0692. The van der Waals surface area contributed by atoms with Crippen LogP contribution in [0, 0.1) is 0 Å². The van der Waals surface area contributed by atoms with Crippen LogP contribution < -0.4 is 10.6 Å². The number of carboxylic acids is 1. The molecule has 16 heavy (non-hydrogen) atoms. The molecule has 84 valence electrons. The molecule has 1 aromatic rings. The average Bonchev–Trinajstić information content (AvgIpc) is 2.68. The first-order chi connectivity index (χ1) is 7.75. The molecule has 0 bridgehead atoms. The third kappa shape index (κ3) is 1.32. The molecular formula is C11H13N3O2. The second-order valence-electron chi connectivity index (χ2n) is 4.18. The lowest BCUT2D eigenvalue weighted by Gasteiger charge is -2.27. The summed E-state index contributed by atoms with van der Waals surface area (Å²) < 4.78 is 0. The van der Waals surface area contributed by atoms with E-state index in [1.807, 2.05) is 0 Å². The number of H-pyrrole nitrogens is 1. The van der Waals surface area contributed by atoms with Gasteiger partial charge in [-0.2, -0.15) is 0 Å². The Bertz CT molecular complexity index is 487. The Kier molecular flexibility index (Phi) is 2.00. The van der Waals surface area contributed by atoms with Gasteiger partial charge in [0.2, 0.25) is 0 Å². The Morgan fingerprint density at radius 2 is 2.31 bits per heavy atom. The van der Waals surface area contributed by atoms with Crippen LogP contribution in [-0.2, 0) is 6.42 Å². The molecule has 0 amide bonds. The minimum absolute atomic E-state index is 0.257. The Balaban J connectivity index is 2.00. The van der Waals surface area contributed by atoms with Crippen LogP contribution in [0.2, 0.25) is 0 Å². The first-order valence-electron chi connectivity index (χ1n) is 5.38. The largest absolute Gasteiger partial charge is 0.477 e. The highest BCUT2D eigenvalue weighted by Crippen LogP contribution is 2.32. The van der Waals surface area contributed by atoms with Gasteiger partial charge in [-0.3, -0.25) is 0 Å². The Morgan fingerprint density at radius 3 is 3.12 bits per heavy atom. The van der Waals surface area contributed by atoms with Crippen LogP contribution in [0.25, 0.3) is 0 Å². The van der Waals surface area contributed by atoms with Crippen molar-refractivity contribution in [3.05, 3.63) is 28.7 Å². The maximum absolute atomic E-state index is 11.0. The summed E-state index contributed by atoms with van der Waals surface area (Å²) in [7, 11) is 0. The van der Waals surface area contributed by atoms with Crippen LogP contribution in [0.5, 0.6) is 0 Å². The van der Waals surface area contributed by atoms with Crippen LogP contribution in [0.3, 0.4) is 0 Å². The molecule has 2 aliphatic rings. The fourth-order valence-corrected chi connectivity index (χ4v) is 2.35. The van der Waals surface area contributed by atoms with Gasteiger partial charge in [0, 0.05) is 18.4 Å². The van der Waals surface area contributed by atoms with E-state index in [0.29, 0.717) is 0 Å². The number of aromatic carboxylic acids is 1. The number of anilines is 1. The summed E-state index contributed by atoms with van der Waals surface area (Å²) in [6.45, 7) is 1.81. The number of nitrogens with one attached hydrogen (secondary N) is 3. The molecule has 0 aliphatic carbocycles. The fourth-order valence-electron chi connectivity index (χ4n) is 2.35. The number of rotatable bonds is 1. The van der Waals surface area contributed by atoms with Gasteiger partial charge in [-0.15, -0.1) is 0 Å². The van der Waals surface area contributed by atoms with Gasteiger partial charge in [0.15, 0.2) is 0 Å². The zero-order chi connectivity index (χ0) is 11.1. The molecule has 0 spiro atoms. The van der Waals surface area contributed by atoms with Crippen LogP contribution >= 0.6 is 0 Å². The molecule has 0 atom stereocenters. The molecule has 0 unspecified atom stereocenters. The van der Waals surface area contributed by atoms with Crippen LogP contribution in [0.1, 0.15) is 22.5 Å². The van der Waals surface area contributed by atoms with Gasteiger partial charge in [-0.25, -0.2) is 4.79 Å². The maximum Gasteiger partial charge on any atom is 0.354 e. The standard InChI is InChI=1S/C11H13N3O2/c15-11(16)10-9-7(4-13-10)3-6-1-2-12-5-8(6)14-9/h4,12-14H,1-3,5H2,(H,15,16). The molecule has 0 saturated carbocycles. The molecule has 2 aliphatic heterocycles. The van der Waals surface area contributed by atoms with Gasteiger partial charge < -0.3 is 20.7 Å². The lowest BCUT2D eigenvalue weighted by atomic mass is 9.95. The summed E-state index contributed by atoms with van der Waals surface area (Å²) in [5, 5.41) is 15.5. The SMILES string of the molecule is O=C(O)c1[nH]cc2c1NC1=C(CCNC1)C2. The van der Waals surface area contributed by atoms with E-state index < -0.39 is 5.97 Å². The van der Waals surface area contributed by atoms with Crippen molar-refractivity contribution in [1.29, 1.82) is 0 Å². The smallest absolute Gasteiger partial charge is 0.354 e. The fraction of sp³-hybridized carbons (Fsp3) is 0.364. The van der Waals surface area contributed by atoms with E-state index in [1.54, 1.807) is 6.20 Å². The summed E-state index contributed by atoms with van der Waals surface area (Å²) in [4.78, 5) is 13.8. The summed E-state index contributed by atoms with van der Waals surface area (Å²) >= 11 is 0. The molecule has 5 nitrogen and oxygen atoms in total. The van der Waals surface area contributed by atoms with E-state index in [2.05, 4.69) is 15.6 Å². The number of carbonyl (C=O) groups is 1. The van der Waals surface area contributed by atoms with Crippen molar-refractivity contribution in [2.45, 2.75) is 12.8 Å². The predicted octanol–water partition coefficient (Wildman–Crippen LogP) is 0.928. The Labute approximate surface area is 92.5 Å². The number of aromatic amines is 1. The molecule has 0 radical (unpaired) electrons. The quantitative estimate of drug-likeness (QED) is 0.566. The number of hydrogen-bond donors (Lipinski definition) is 4. The molecular weight excluding hydrogens is 206 g/mol. The summed E-state index contributed by atoms with van der Waals surface area (Å²) in [5.74, 6) is -0.915. The number of aromatic nitrogens is 1. The molecule has 5 heteroatoms. The van der Waals surface area contributed by atoms with Crippen LogP contribution in [0.15, 0.2) is 17.5 Å². The van der Waals surface area contributed by atoms with E-state index in [-0.39, 0.29) is 5.69 Å². The molecule has 4 N–H and O–H groups in total. The second kappa shape index (κ2) is 3.38. The van der Waals surface area contributed by atoms with Crippen LogP contribution in [0.4, 0.5) is 5.69 Å². The summed E-state index contributed by atoms with van der Waals surface area (Å²) in [5.41, 5.74) is 4.57. The van der Waals surface area contributed by atoms with Crippen molar-refractivity contribution >= 4 is 11.7 Å². The molecule has 3 rings (SSSR count). The predicted molar refractivity (Wildman–Crippen MR) is 59.6 cm³/mol. The second-order valence-corrected chi connectivity index (χ2v) is 4.18. The van der Waals surface area contributed by atoms with Gasteiger partial charge in [0.1, 0.15) is 5.69 Å². The van der Waals surface area contributed by atoms with E-state index >= 15 is 0 Å². The molecule has 0 saturated heterocycles. The minimum Gasteiger partial charge on any atom is -0.477 e. The van der Waals surface area contributed by atoms with Gasteiger partial charge in [-0.05, 0) is 30.5 Å². The van der Waals surface area contributed by atoms with Gasteiger partial charge in [0.25, 0.3) is 0 Å². The van der Waals surface area contributed by atoms with Crippen molar-refractivity contribution in [1.82, 2.24) is 10.3 Å². The molecule has 1 aromatic heterocycles. The molecule has 0 aromatic carbocycles. The topological polar surface area (TPSA) is 77.1 Å². The van der Waals surface area contributed by atoms with E-state index in [1.165, 1.54) is 5.57 Å². The normalized spacial score (nSPS) is 18.8. The van der Waals surface area contributed by atoms with Crippen molar-refractivity contribution in [3.63, 3.8) is 0 Å². The summed E-state index contributed by atoms with van der Waals surface area (Å²) in [6.07, 6.45) is 3.69. The van der Waals surface area contributed by atoms with Gasteiger partial charge in [0.05, 0.1) is 5.69 Å². The molecule has 3 heterocycles. The van der Waals surface area contributed by atoms with Crippen molar-refractivity contribution < 1.29 is 9.90 Å². The highest BCUT2D eigenvalue weighted by Gasteiger charge is 2.25. The van der Waals surface area contributed by atoms with Crippen LogP contribution in [-0.4, -0.2) is 29.1 Å². The van der Waals surface area contributed by atoms with E-state index in [9.17, 15) is 4.79 Å². The monoisotopic (exact) mass is 219 g/mol. The number of hydrogen-bond acceptors (Lipinski definition) is 3. The Hall–Kier alpha value is -1.75. The average molecular weight is 219 g/mol. The van der Waals surface area contributed by atoms with Crippen molar-refractivity contribution in [3.8, 4) is 0 Å². The first-order valence-corrected chi connectivity index (χ1v) is 5.38. The van der Waals surface area contributed by atoms with Gasteiger partial charge in [-0.1, -0.05) is 0 Å². The van der Waals surface area contributed by atoms with Gasteiger partial charge >= 0.3 is 5.97 Å². The van der Waals surface area contributed by atoms with E-state index in [0.717, 1.165) is 42.9 Å². The first kappa shape index (κ1) is 9.47. The number of carboxylic acid groups (broad SMARTS) is 1. The highest BCUT2D eigenvalue weighted by molar-refractivity contribution is 5.94. The number of fused-ring (bicyclic) bond motifs is 1. The van der Waals surface area contributed by atoms with Crippen molar-refractivity contribution in [2.75, 3.05) is 18.4 Å². The third-order valence-electron chi connectivity index (χ3n) is 3.19. The minimum atomic E-state index is -0.915. The zero-order valence-corrected chi connectivity index (χ0v) is 8.76. The maximum atomic E-state index is 11.0. The van der Waals surface area contributed by atoms with E-state index in [4.69, 9.17) is 5.11 Å². The molecule has 0 fully saturated rings. The zero-order valence-electron chi connectivity index (χ0n) is 8.76. The Morgan fingerprint density at radius 1 is 1.44 bits per heavy atom. The highest BCUT2D eigenvalue weighted by atomic mass is 16.4.